The van der Waals surface area contributed by atoms with Crippen LogP contribution in [-0.4, -0.2) is 26.2 Å². The fourth-order valence-corrected chi connectivity index (χ4v) is 1.62. The number of ether oxygens (including phenoxy) is 1. The van der Waals surface area contributed by atoms with E-state index in [0.717, 1.165) is 25.0 Å². The lowest BCUT2D eigenvalue weighted by Gasteiger charge is -2.05. The summed E-state index contributed by atoms with van der Waals surface area (Å²) in [7, 11) is 1.59. The second-order valence-corrected chi connectivity index (χ2v) is 4.09. The normalized spacial score (nSPS) is 10.1. The number of amides is 1. The van der Waals surface area contributed by atoms with E-state index in [1.165, 1.54) is 0 Å². The number of methoxy groups -OCH3 is 1. The third-order valence-electron chi connectivity index (χ3n) is 2.70. The highest BCUT2D eigenvalue weighted by Gasteiger charge is 2.04. The summed E-state index contributed by atoms with van der Waals surface area (Å²) in [6.07, 6.45) is 3.34. The summed E-state index contributed by atoms with van der Waals surface area (Å²) in [6, 6.07) is 6.99. The van der Waals surface area contributed by atoms with Crippen molar-refractivity contribution in [2.45, 2.75) is 25.7 Å². The first-order valence-corrected chi connectivity index (χ1v) is 6.26. The van der Waals surface area contributed by atoms with E-state index in [1.807, 2.05) is 0 Å². The maximum Gasteiger partial charge on any atom is 0.251 e. The fraction of sp³-hybridized carbons (Fsp3) is 0.500. The predicted molar refractivity (Wildman–Crippen MR) is 69.8 cm³/mol. The Labute approximate surface area is 107 Å². The van der Waals surface area contributed by atoms with Gasteiger partial charge in [-0.05, 0) is 37.1 Å². The maximum atomic E-state index is 11.8. The average Bonchev–Trinajstić information content (AvgIpc) is 2.42. The first-order chi connectivity index (χ1) is 8.77. The van der Waals surface area contributed by atoms with Crippen molar-refractivity contribution in [3.63, 3.8) is 0 Å². The number of hydrogen-bond donors (Lipinski definition) is 1. The number of carbonyl (C=O) groups is 1. The second-order valence-electron chi connectivity index (χ2n) is 4.09. The maximum absolute atomic E-state index is 11.8. The number of benzene rings is 1. The quantitative estimate of drug-likeness (QED) is 0.723. The molecule has 0 saturated heterocycles. The predicted octanol–water partition coefficient (Wildman–Crippen LogP) is 2.95. The third kappa shape index (κ3) is 5.17. The van der Waals surface area contributed by atoms with Gasteiger partial charge in [0.15, 0.2) is 0 Å². The standard InChI is InChI=1S/C14H20FNO2/c1-18-13-8-6-12(7-9-13)14(17)16-11-5-3-2-4-10-15/h6-9H,2-5,10-11H2,1H3,(H,16,17). The Morgan fingerprint density at radius 1 is 1.17 bits per heavy atom. The second kappa shape index (κ2) is 8.50. The highest BCUT2D eigenvalue weighted by molar-refractivity contribution is 5.94. The van der Waals surface area contributed by atoms with E-state index in [0.29, 0.717) is 18.5 Å². The summed E-state index contributed by atoms with van der Waals surface area (Å²) in [4.78, 5) is 11.7. The lowest BCUT2D eigenvalue weighted by atomic mass is 10.2. The molecule has 1 amide bonds. The molecule has 1 aromatic carbocycles. The minimum absolute atomic E-state index is 0.0804. The molecule has 0 unspecified atom stereocenters. The largest absolute Gasteiger partial charge is 0.497 e. The third-order valence-corrected chi connectivity index (χ3v) is 2.70. The molecule has 0 aliphatic heterocycles. The molecule has 0 aliphatic rings. The minimum Gasteiger partial charge on any atom is -0.497 e. The molecular weight excluding hydrogens is 233 g/mol. The van der Waals surface area contributed by atoms with Crippen LogP contribution in [0.4, 0.5) is 4.39 Å². The molecule has 1 N–H and O–H groups in total. The van der Waals surface area contributed by atoms with Crippen LogP contribution >= 0.6 is 0 Å². The Kier molecular flexibility index (Phi) is 6.84. The van der Waals surface area contributed by atoms with E-state index in [4.69, 9.17) is 4.74 Å². The number of unbranched alkanes of at least 4 members (excludes halogenated alkanes) is 3. The summed E-state index contributed by atoms with van der Waals surface area (Å²) in [5, 5.41) is 2.84. The summed E-state index contributed by atoms with van der Waals surface area (Å²) in [5.74, 6) is 0.654. The number of halogens is 1. The van der Waals surface area contributed by atoms with Crippen LogP contribution in [0.1, 0.15) is 36.0 Å². The van der Waals surface area contributed by atoms with Gasteiger partial charge in [-0.1, -0.05) is 12.8 Å². The van der Waals surface area contributed by atoms with Crippen LogP contribution in [0.15, 0.2) is 24.3 Å². The molecule has 0 atom stereocenters. The molecule has 100 valence electrons. The molecule has 18 heavy (non-hydrogen) atoms. The Morgan fingerprint density at radius 2 is 1.83 bits per heavy atom. The van der Waals surface area contributed by atoms with Crippen molar-refractivity contribution in [3.8, 4) is 5.75 Å². The highest BCUT2D eigenvalue weighted by Crippen LogP contribution is 2.11. The van der Waals surface area contributed by atoms with Crippen molar-refractivity contribution in [1.29, 1.82) is 0 Å². The van der Waals surface area contributed by atoms with Gasteiger partial charge in [-0.2, -0.15) is 0 Å². The number of alkyl halides is 1. The van der Waals surface area contributed by atoms with Crippen molar-refractivity contribution >= 4 is 5.91 Å². The van der Waals surface area contributed by atoms with Crippen molar-refractivity contribution in [3.05, 3.63) is 29.8 Å². The van der Waals surface area contributed by atoms with Gasteiger partial charge in [0.1, 0.15) is 5.75 Å². The van der Waals surface area contributed by atoms with Gasteiger partial charge in [0.25, 0.3) is 5.91 Å². The summed E-state index contributed by atoms with van der Waals surface area (Å²) in [6.45, 7) is 0.384. The van der Waals surface area contributed by atoms with Gasteiger partial charge in [0, 0.05) is 12.1 Å². The molecule has 1 aromatic rings. The molecule has 4 heteroatoms. The van der Waals surface area contributed by atoms with Crippen LogP contribution in [-0.2, 0) is 0 Å². The number of hydrogen-bond acceptors (Lipinski definition) is 2. The van der Waals surface area contributed by atoms with Crippen molar-refractivity contribution in [1.82, 2.24) is 5.32 Å². The fourth-order valence-electron chi connectivity index (χ4n) is 1.62. The molecule has 0 spiro atoms. The van der Waals surface area contributed by atoms with Crippen LogP contribution in [0.3, 0.4) is 0 Å². The van der Waals surface area contributed by atoms with Crippen LogP contribution in [0.2, 0.25) is 0 Å². The minimum atomic E-state index is -0.252. The molecule has 0 aromatic heterocycles. The van der Waals surface area contributed by atoms with E-state index < -0.39 is 0 Å². The molecule has 1 rings (SSSR count). The summed E-state index contributed by atoms with van der Waals surface area (Å²) < 4.78 is 16.9. The summed E-state index contributed by atoms with van der Waals surface area (Å²) in [5.41, 5.74) is 0.625. The molecular formula is C14H20FNO2. The Morgan fingerprint density at radius 3 is 2.44 bits per heavy atom. The van der Waals surface area contributed by atoms with Gasteiger partial charge in [0.2, 0.25) is 0 Å². The number of nitrogens with one attached hydrogen (secondary N) is 1. The van der Waals surface area contributed by atoms with Crippen LogP contribution in [0, 0.1) is 0 Å². The molecule has 0 fully saturated rings. The van der Waals surface area contributed by atoms with Crippen molar-refractivity contribution < 1.29 is 13.9 Å². The van der Waals surface area contributed by atoms with E-state index in [1.54, 1.807) is 31.4 Å². The first-order valence-electron chi connectivity index (χ1n) is 6.26. The SMILES string of the molecule is COc1ccc(C(=O)NCCCCCCF)cc1. The molecule has 0 aliphatic carbocycles. The van der Waals surface area contributed by atoms with E-state index in [-0.39, 0.29) is 12.6 Å². The van der Waals surface area contributed by atoms with Crippen molar-refractivity contribution in [2.24, 2.45) is 0 Å². The smallest absolute Gasteiger partial charge is 0.251 e. The van der Waals surface area contributed by atoms with Gasteiger partial charge in [-0.25, -0.2) is 0 Å². The first kappa shape index (κ1) is 14.5. The Bertz CT molecular complexity index is 351. The molecule has 0 radical (unpaired) electrons. The van der Waals surface area contributed by atoms with Gasteiger partial charge < -0.3 is 10.1 Å². The zero-order valence-corrected chi connectivity index (χ0v) is 10.7. The Hall–Kier alpha value is -1.58. The molecule has 3 nitrogen and oxygen atoms in total. The summed E-state index contributed by atoms with van der Waals surface area (Å²) >= 11 is 0. The Balaban J connectivity index is 2.23. The van der Waals surface area contributed by atoms with Gasteiger partial charge in [0.05, 0.1) is 13.8 Å². The monoisotopic (exact) mass is 253 g/mol. The van der Waals surface area contributed by atoms with Crippen LogP contribution < -0.4 is 10.1 Å². The van der Waals surface area contributed by atoms with E-state index in [2.05, 4.69) is 5.32 Å². The van der Waals surface area contributed by atoms with Crippen LogP contribution in [0.25, 0.3) is 0 Å². The zero-order valence-electron chi connectivity index (χ0n) is 10.7. The molecule has 0 bridgehead atoms. The zero-order chi connectivity index (χ0) is 13.2. The molecule has 0 saturated carbocycles. The lowest BCUT2D eigenvalue weighted by molar-refractivity contribution is 0.0953. The number of carbonyl (C=O) groups excluding carboxylic acids is 1. The van der Waals surface area contributed by atoms with Gasteiger partial charge >= 0.3 is 0 Å². The number of rotatable bonds is 8. The average molecular weight is 253 g/mol. The topological polar surface area (TPSA) is 38.3 Å². The van der Waals surface area contributed by atoms with E-state index >= 15 is 0 Å². The highest BCUT2D eigenvalue weighted by atomic mass is 19.1. The van der Waals surface area contributed by atoms with Crippen molar-refractivity contribution in [2.75, 3.05) is 20.3 Å². The van der Waals surface area contributed by atoms with Crippen LogP contribution in [0.5, 0.6) is 5.75 Å². The van der Waals surface area contributed by atoms with Gasteiger partial charge in [-0.15, -0.1) is 0 Å². The van der Waals surface area contributed by atoms with E-state index in [9.17, 15) is 9.18 Å². The van der Waals surface area contributed by atoms with Gasteiger partial charge in [-0.3, -0.25) is 9.18 Å². The lowest BCUT2D eigenvalue weighted by Crippen LogP contribution is -2.24. The molecule has 0 heterocycles.